The van der Waals surface area contributed by atoms with Gasteiger partial charge in [-0.2, -0.15) is 0 Å². The molecule has 2 rings (SSSR count). The number of nitrogens with one attached hydrogen (secondary N) is 1. The van der Waals surface area contributed by atoms with Crippen molar-refractivity contribution in [2.24, 2.45) is 0 Å². The molecule has 17 heavy (non-hydrogen) atoms. The molecule has 0 spiro atoms. The van der Waals surface area contributed by atoms with Crippen LogP contribution in [0, 0.1) is 0 Å². The van der Waals surface area contributed by atoms with Gasteiger partial charge in [-0.1, -0.05) is 11.6 Å². The molecule has 1 fully saturated rings. The van der Waals surface area contributed by atoms with E-state index < -0.39 is 0 Å². The Bertz CT molecular complexity index is 379. The van der Waals surface area contributed by atoms with Crippen LogP contribution >= 0.6 is 22.9 Å². The summed E-state index contributed by atoms with van der Waals surface area (Å²) < 4.78 is 5.86. The molecule has 0 radical (unpaired) electrons. The quantitative estimate of drug-likeness (QED) is 0.881. The number of nitrogens with zero attached hydrogens (tertiary/aromatic N) is 2. The molecular formula is C10H14ClN3O2S. The standard InChI is InChI=1S/C10H14ClN3O2S/c11-8-5-13-9(17-8)6-12-7-10(15)14-1-3-16-4-2-14/h5,12H,1-4,6-7H2. The molecule has 7 heteroatoms. The van der Waals surface area contributed by atoms with Gasteiger partial charge < -0.3 is 15.0 Å². The van der Waals surface area contributed by atoms with Crippen LogP contribution in [0.15, 0.2) is 6.20 Å². The van der Waals surface area contributed by atoms with E-state index in [0.717, 1.165) is 5.01 Å². The molecule has 1 aromatic rings. The van der Waals surface area contributed by atoms with Gasteiger partial charge >= 0.3 is 0 Å². The Hall–Kier alpha value is -0.690. The van der Waals surface area contributed by atoms with Gasteiger partial charge in [0.05, 0.1) is 26.0 Å². The molecular weight excluding hydrogens is 262 g/mol. The van der Waals surface area contributed by atoms with E-state index in [9.17, 15) is 4.79 Å². The largest absolute Gasteiger partial charge is 0.378 e. The fourth-order valence-electron chi connectivity index (χ4n) is 1.57. The predicted octanol–water partition coefficient (Wildman–Crippen LogP) is 0.745. The summed E-state index contributed by atoms with van der Waals surface area (Å²) in [7, 11) is 0. The second kappa shape index (κ2) is 6.30. The fourth-order valence-corrected chi connectivity index (χ4v) is 2.50. The van der Waals surface area contributed by atoms with Gasteiger partial charge in [0.25, 0.3) is 0 Å². The van der Waals surface area contributed by atoms with Crippen molar-refractivity contribution < 1.29 is 9.53 Å². The van der Waals surface area contributed by atoms with Crippen molar-refractivity contribution in [3.63, 3.8) is 0 Å². The van der Waals surface area contributed by atoms with E-state index in [4.69, 9.17) is 16.3 Å². The summed E-state index contributed by atoms with van der Waals surface area (Å²) in [6, 6.07) is 0. The first-order valence-corrected chi connectivity index (χ1v) is 6.61. The maximum absolute atomic E-state index is 11.8. The van der Waals surface area contributed by atoms with Gasteiger partial charge in [-0.25, -0.2) is 4.98 Å². The highest BCUT2D eigenvalue weighted by molar-refractivity contribution is 7.15. The van der Waals surface area contributed by atoms with E-state index in [0.29, 0.717) is 43.7 Å². The maximum Gasteiger partial charge on any atom is 0.236 e. The minimum Gasteiger partial charge on any atom is -0.378 e. The number of aromatic nitrogens is 1. The number of amides is 1. The summed E-state index contributed by atoms with van der Waals surface area (Å²) in [5.74, 6) is 0.107. The first-order valence-electron chi connectivity index (χ1n) is 5.42. The molecule has 0 unspecified atom stereocenters. The lowest BCUT2D eigenvalue weighted by Crippen LogP contribution is -2.44. The lowest BCUT2D eigenvalue weighted by molar-refractivity contribution is -0.134. The van der Waals surface area contributed by atoms with E-state index in [1.165, 1.54) is 11.3 Å². The Balaban J connectivity index is 1.69. The first kappa shape index (κ1) is 12.8. The van der Waals surface area contributed by atoms with Gasteiger partial charge in [-0.15, -0.1) is 11.3 Å². The Labute approximate surface area is 109 Å². The molecule has 0 aliphatic carbocycles. The predicted molar refractivity (Wildman–Crippen MR) is 66.2 cm³/mol. The Morgan fingerprint density at radius 3 is 3.00 bits per heavy atom. The summed E-state index contributed by atoms with van der Waals surface area (Å²) in [6.07, 6.45) is 1.62. The number of thiazole rings is 1. The molecule has 2 heterocycles. The third-order valence-corrected chi connectivity index (χ3v) is 3.56. The SMILES string of the molecule is O=C(CNCc1ncc(Cl)s1)N1CCOCC1. The van der Waals surface area contributed by atoms with Gasteiger partial charge in [0, 0.05) is 19.6 Å². The van der Waals surface area contributed by atoms with Gasteiger partial charge in [0.1, 0.15) is 9.34 Å². The van der Waals surface area contributed by atoms with E-state index in [1.807, 2.05) is 4.90 Å². The topological polar surface area (TPSA) is 54.5 Å². The van der Waals surface area contributed by atoms with Gasteiger partial charge in [-0.3, -0.25) is 4.79 Å². The van der Waals surface area contributed by atoms with Gasteiger partial charge in [0.15, 0.2) is 0 Å². The number of morpholine rings is 1. The number of carbonyl (C=O) groups excluding carboxylic acids is 1. The lowest BCUT2D eigenvalue weighted by Gasteiger charge is -2.26. The number of hydrogen-bond acceptors (Lipinski definition) is 5. The van der Waals surface area contributed by atoms with Gasteiger partial charge in [0.2, 0.25) is 5.91 Å². The Morgan fingerprint density at radius 2 is 2.35 bits per heavy atom. The highest BCUT2D eigenvalue weighted by atomic mass is 35.5. The number of rotatable bonds is 4. The van der Waals surface area contributed by atoms with Crippen LogP contribution in [0.5, 0.6) is 0 Å². The van der Waals surface area contributed by atoms with E-state index in [2.05, 4.69) is 10.3 Å². The van der Waals surface area contributed by atoms with Crippen LogP contribution in [-0.4, -0.2) is 48.6 Å². The van der Waals surface area contributed by atoms with Crippen LogP contribution in [0.2, 0.25) is 4.34 Å². The molecule has 94 valence electrons. The molecule has 1 amide bonds. The molecule has 0 atom stereocenters. The fraction of sp³-hybridized carbons (Fsp3) is 0.600. The van der Waals surface area contributed by atoms with Crippen molar-refractivity contribution in [1.82, 2.24) is 15.2 Å². The Morgan fingerprint density at radius 1 is 1.59 bits per heavy atom. The summed E-state index contributed by atoms with van der Waals surface area (Å²) in [6.45, 7) is 3.54. The Kier molecular flexibility index (Phi) is 4.73. The van der Waals surface area contributed by atoms with Crippen molar-refractivity contribution in [3.05, 3.63) is 15.5 Å². The minimum absolute atomic E-state index is 0.107. The second-order valence-corrected chi connectivity index (χ2v) is 5.40. The summed E-state index contributed by atoms with van der Waals surface area (Å²) in [5.41, 5.74) is 0. The maximum atomic E-state index is 11.8. The molecule has 0 bridgehead atoms. The van der Waals surface area contributed by atoms with Crippen LogP contribution in [0.25, 0.3) is 0 Å². The monoisotopic (exact) mass is 275 g/mol. The summed E-state index contributed by atoms with van der Waals surface area (Å²) >= 11 is 7.18. The number of hydrogen-bond donors (Lipinski definition) is 1. The second-order valence-electron chi connectivity index (χ2n) is 3.65. The van der Waals surface area contributed by atoms with Crippen molar-refractivity contribution in [3.8, 4) is 0 Å². The molecule has 0 saturated carbocycles. The van der Waals surface area contributed by atoms with E-state index in [1.54, 1.807) is 6.20 Å². The number of ether oxygens (including phenoxy) is 1. The van der Waals surface area contributed by atoms with Crippen LogP contribution in [0.4, 0.5) is 0 Å². The normalized spacial score (nSPS) is 16.2. The van der Waals surface area contributed by atoms with Crippen LogP contribution in [-0.2, 0) is 16.1 Å². The smallest absolute Gasteiger partial charge is 0.236 e. The molecule has 1 aliphatic rings. The minimum atomic E-state index is 0.107. The van der Waals surface area contributed by atoms with Crippen LogP contribution in [0.1, 0.15) is 5.01 Å². The van der Waals surface area contributed by atoms with Crippen molar-refractivity contribution >= 4 is 28.8 Å². The molecule has 1 N–H and O–H groups in total. The van der Waals surface area contributed by atoms with Gasteiger partial charge in [-0.05, 0) is 0 Å². The average molecular weight is 276 g/mol. The zero-order chi connectivity index (χ0) is 12.1. The molecule has 1 aliphatic heterocycles. The third kappa shape index (κ3) is 3.92. The van der Waals surface area contributed by atoms with Crippen LogP contribution in [0.3, 0.4) is 0 Å². The van der Waals surface area contributed by atoms with Crippen molar-refractivity contribution in [1.29, 1.82) is 0 Å². The molecule has 1 saturated heterocycles. The summed E-state index contributed by atoms with van der Waals surface area (Å²) in [4.78, 5) is 17.7. The number of carbonyl (C=O) groups is 1. The van der Waals surface area contributed by atoms with Crippen LogP contribution < -0.4 is 5.32 Å². The van der Waals surface area contributed by atoms with E-state index in [-0.39, 0.29) is 5.91 Å². The third-order valence-electron chi connectivity index (χ3n) is 2.44. The molecule has 0 aromatic carbocycles. The zero-order valence-corrected chi connectivity index (χ0v) is 10.9. The first-order chi connectivity index (χ1) is 8.25. The average Bonchev–Trinajstić information content (AvgIpc) is 2.76. The van der Waals surface area contributed by atoms with Crippen molar-refractivity contribution in [2.75, 3.05) is 32.8 Å². The van der Waals surface area contributed by atoms with Crippen molar-refractivity contribution in [2.45, 2.75) is 6.54 Å². The molecule has 1 aromatic heterocycles. The summed E-state index contributed by atoms with van der Waals surface area (Å²) in [5, 5.41) is 3.96. The zero-order valence-electron chi connectivity index (χ0n) is 9.32. The lowest BCUT2D eigenvalue weighted by atomic mass is 10.4. The van der Waals surface area contributed by atoms with E-state index >= 15 is 0 Å². The highest BCUT2D eigenvalue weighted by Gasteiger charge is 2.16. The molecule has 5 nitrogen and oxygen atoms in total. The number of halogens is 1. The highest BCUT2D eigenvalue weighted by Crippen LogP contribution is 2.17.